The van der Waals surface area contributed by atoms with Crippen LogP contribution in [0.25, 0.3) is 0 Å². The second-order valence-electron chi connectivity index (χ2n) is 3.80. The molecular weight excluding hydrogens is 224 g/mol. The third kappa shape index (κ3) is 4.37. The average molecular weight is 242 g/mol. The van der Waals surface area contributed by atoms with E-state index in [0.717, 1.165) is 0 Å². The van der Waals surface area contributed by atoms with Crippen LogP contribution < -0.4 is 16.4 Å². The van der Waals surface area contributed by atoms with Gasteiger partial charge < -0.3 is 26.6 Å². The van der Waals surface area contributed by atoms with Crippen LogP contribution in [0.15, 0.2) is 0 Å². The summed E-state index contributed by atoms with van der Waals surface area (Å²) in [5, 5.41) is 23.5. The van der Waals surface area contributed by atoms with E-state index in [2.05, 4.69) is 25.6 Å². The molecule has 0 fully saturated rings. The molecule has 0 radical (unpaired) electrons. The van der Waals surface area contributed by atoms with Crippen LogP contribution in [-0.4, -0.2) is 50.5 Å². The molecule has 0 aliphatic rings. The molecule has 0 aliphatic heterocycles. The van der Waals surface area contributed by atoms with Crippen LogP contribution in [-0.2, 0) is 0 Å². The number of anilines is 3. The van der Waals surface area contributed by atoms with E-state index in [1.807, 2.05) is 0 Å². The number of hydrogen-bond acceptors (Lipinski definition) is 8. The Kier molecular flexibility index (Phi) is 4.85. The summed E-state index contributed by atoms with van der Waals surface area (Å²) < 4.78 is 0. The van der Waals surface area contributed by atoms with E-state index >= 15 is 0 Å². The van der Waals surface area contributed by atoms with E-state index in [9.17, 15) is 0 Å². The van der Waals surface area contributed by atoms with Crippen LogP contribution in [0.3, 0.4) is 0 Å². The first-order valence-corrected chi connectivity index (χ1v) is 5.31. The molecule has 0 amide bonds. The third-order valence-corrected chi connectivity index (χ3v) is 1.95. The zero-order chi connectivity index (χ0) is 12.8. The van der Waals surface area contributed by atoms with Crippen molar-refractivity contribution in [3.63, 3.8) is 0 Å². The van der Waals surface area contributed by atoms with E-state index in [1.165, 1.54) is 0 Å². The summed E-state index contributed by atoms with van der Waals surface area (Å²) in [5.74, 6) is 0.638. The summed E-state index contributed by atoms with van der Waals surface area (Å²) in [6.45, 7) is 3.48. The summed E-state index contributed by atoms with van der Waals surface area (Å²) in [4.78, 5) is 11.8. The SMILES string of the molecule is CC(CO)Nc1nc(N)nc(NC(C)CO)n1. The van der Waals surface area contributed by atoms with Crippen molar-refractivity contribution in [2.45, 2.75) is 25.9 Å². The fraction of sp³-hybridized carbons (Fsp3) is 0.667. The summed E-state index contributed by atoms with van der Waals surface area (Å²) in [6, 6.07) is -0.361. The molecule has 1 aromatic heterocycles. The lowest BCUT2D eigenvalue weighted by Crippen LogP contribution is -2.24. The molecule has 2 unspecified atom stereocenters. The van der Waals surface area contributed by atoms with Gasteiger partial charge in [-0.05, 0) is 13.8 Å². The molecule has 17 heavy (non-hydrogen) atoms. The minimum Gasteiger partial charge on any atom is -0.394 e. The molecular formula is C9H18N6O2. The lowest BCUT2D eigenvalue weighted by Gasteiger charge is -2.14. The predicted octanol–water partition coefficient (Wildman–Crippen LogP) is -0.961. The summed E-state index contributed by atoms with van der Waals surface area (Å²) in [6.07, 6.45) is 0. The van der Waals surface area contributed by atoms with Crippen LogP contribution in [0.2, 0.25) is 0 Å². The van der Waals surface area contributed by atoms with Gasteiger partial charge in [0.25, 0.3) is 0 Å². The third-order valence-electron chi connectivity index (χ3n) is 1.95. The maximum atomic E-state index is 8.90. The fourth-order valence-corrected chi connectivity index (χ4v) is 1.05. The van der Waals surface area contributed by atoms with Crippen molar-refractivity contribution in [3.05, 3.63) is 0 Å². The molecule has 2 atom stereocenters. The average Bonchev–Trinajstić information content (AvgIpc) is 2.27. The van der Waals surface area contributed by atoms with E-state index in [1.54, 1.807) is 13.8 Å². The molecule has 8 nitrogen and oxygen atoms in total. The van der Waals surface area contributed by atoms with Gasteiger partial charge in [0, 0.05) is 12.1 Å². The number of nitrogens with two attached hydrogens (primary N) is 1. The second kappa shape index (κ2) is 6.16. The Bertz CT molecular complexity index is 331. The number of nitrogens with one attached hydrogen (secondary N) is 2. The van der Waals surface area contributed by atoms with Gasteiger partial charge in [0.05, 0.1) is 13.2 Å². The van der Waals surface area contributed by atoms with Crippen molar-refractivity contribution in [1.29, 1.82) is 0 Å². The first-order valence-electron chi connectivity index (χ1n) is 5.31. The molecule has 0 saturated heterocycles. The highest BCUT2D eigenvalue weighted by molar-refractivity contribution is 5.40. The monoisotopic (exact) mass is 242 g/mol. The predicted molar refractivity (Wildman–Crippen MR) is 64.6 cm³/mol. The van der Waals surface area contributed by atoms with Crippen LogP contribution in [0.4, 0.5) is 17.8 Å². The van der Waals surface area contributed by atoms with Crippen LogP contribution >= 0.6 is 0 Å². The zero-order valence-corrected chi connectivity index (χ0v) is 9.88. The molecule has 0 saturated carbocycles. The maximum absolute atomic E-state index is 8.90. The number of hydrogen-bond donors (Lipinski definition) is 5. The van der Waals surface area contributed by atoms with E-state index < -0.39 is 0 Å². The topological polar surface area (TPSA) is 129 Å². The fourth-order valence-electron chi connectivity index (χ4n) is 1.05. The van der Waals surface area contributed by atoms with Crippen molar-refractivity contribution >= 4 is 17.8 Å². The Morgan fingerprint density at radius 2 is 1.41 bits per heavy atom. The van der Waals surface area contributed by atoms with Crippen molar-refractivity contribution in [2.75, 3.05) is 29.6 Å². The Morgan fingerprint density at radius 1 is 1.00 bits per heavy atom. The number of nitrogen functional groups attached to an aromatic ring is 1. The standard InChI is InChI=1S/C9H18N6O2/c1-5(3-16)11-8-13-7(10)14-9(15-8)12-6(2)4-17/h5-6,16-17H,3-4H2,1-2H3,(H4,10,11,12,13,14,15). The van der Waals surface area contributed by atoms with Crippen molar-refractivity contribution in [3.8, 4) is 0 Å². The Hall–Kier alpha value is -1.67. The van der Waals surface area contributed by atoms with Crippen molar-refractivity contribution < 1.29 is 10.2 Å². The lowest BCUT2D eigenvalue weighted by atomic mass is 10.4. The van der Waals surface area contributed by atoms with E-state index in [-0.39, 0.29) is 43.1 Å². The smallest absolute Gasteiger partial charge is 0.229 e. The van der Waals surface area contributed by atoms with Crippen LogP contribution in [0, 0.1) is 0 Å². The van der Waals surface area contributed by atoms with Gasteiger partial charge in [-0.25, -0.2) is 0 Å². The normalized spacial score (nSPS) is 14.1. The highest BCUT2D eigenvalue weighted by atomic mass is 16.3. The van der Waals surface area contributed by atoms with Gasteiger partial charge >= 0.3 is 0 Å². The number of aliphatic hydroxyl groups is 2. The van der Waals surface area contributed by atoms with Gasteiger partial charge in [-0.3, -0.25) is 0 Å². The van der Waals surface area contributed by atoms with Gasteiger partial charge in [-0.2, -0.15) is 15.0 Å². The minimum atomic E-state index is -0.181. The molecule has 8 heteroatoms. The highest BCUT2D eigenvalue weighted by Crippen LogP contribution is 2.08. The lowest BCUT2D eigenvalue weighted by molar-refractivity contribution is 0.280. The second-order valence-corrected chi connectivity index (χ2v) is 3.80. The molecule has 0 aromatic carbocycles. The molecule has 0 aliphatic carbocycles. The molecule has 1 rings (SSSR count). The first-order chi connectivity index (χ1) is 8.05. The quantitative estimate of drug-likeness (QED) is 0.431. The number of aromatic nitrogens is 3. The number of aliphatic hydroxyl groups excluding tert-OH is 2. The van der Waals surface area contributed by atoms with Crippen LogP contribution in [0.5, 0.6) is 0 Å². The van der Waals surface area contributed by atoms with E-state index in [4.69, 9.17) is 15.9 Å². The van der Waals surface area contributed by atoms with Gasteiger partial charge in [-0.15, -0.1) is 0 Å². The molecule has 1 aromatic rings. The van der Waals surface area contributed by atoms with Gasteiger partial charge in [0.15, 0.2) is 0 Å². The van der Waals surface area contributed by atoms with Gasteiger partial charge in [0.1, 0.15) is 0 Å². The molecule has 1 heterocycles. The summed E-state index contributed by atoms with van der Waals surface area (Å²) >= 11 is 0. The van der Waals surface area contributed by atoms with Gasteiger partial charge in [-0.1, -0.05) is 0 Å². The largest absolute Gasteiger partial charge is 0.394 e. The molecule has 6 N–H and O–H groups in total. The Balaban J connectivity index is 2.79. The van der Waals surface area contributed by atoms with Crippen molar-refractivity contribution in [2.24, 2.45) is 0 Å². The Morgan fingerprint density at radius 3 is 1.76 bits per heavy atom. The van der Waals surface area contributed by atoms with E-state index in [0.29, 0.717) is 0 Å². The molecule has 0 bridgehead atoms. The van der Waals surface area contributed by atoms with Crippen molar-refractivity contribution in [1.82, 2.24) is 15.0 Å². The summed E-state index contributed by atoms with van der Waals surface area (Å²) in [7, 11) is 0. The Labute approximate surface area is 99.3 Å². The maximum Gasteiger partial charge on any atom is 0.229 e. The highest BCUT2D eigenvalue weighted by Gasteiger charge is 2.08. The number of nitrogens with zero attached hydrogens (tertiary/aromatic N) is 3. The molecule has 0 spiro atoms. The number of rotatable bonds is 6. The van der Waals surface area contributed by atoms with Gasteiger partial charge in [0.2, 0.25) is 17.8 Å². The zero-order valence-electron chi connectivity index (χ0n) is 9.88. The molecule has 96 valence electrons. The van der Waals surface area contributed by atoms with Crippen LogP contribution in [0.1, 0.15) is 13.8 Å². The minimum absolute atomic E-state index is 0.0403. The first kappa shape index (κ1) is 13.4. The summed E-state index contributed by atoms with van der Waals surface area (Å²) in [5.41, 5.74) is 5.53.